The minimum Gasteiger partial charge on any atom is -0.392 e. The molecule has 0 spiro atoms. The lowest BCUT2D eigenvalue weighted by molar-refractivity contribution is -0.122. The number of hydrogen-bond donors (Lipinski definition) is 2. The third-order valence-corrected chi connectivity index (χ3v) is 3.57. The molecule has 0 atom stereocenters. The third kappa shape index (κ3) is 2.46. The van der Waals surface area contributed by atoms with Gasteiger partial charge in [0.1, 0.15) is 5.82 Å². The van der Waals surface area contributed by atoms with Gasteiger partial charge in [0.2, 0.25) is 5.91 Å². The Kier molecular flexibility index (Phi) is 4.22. The highest BCUT2D eigenvalue weighted by Crippen LogP contribution is 2.28. The standard InChI is InChI=1S/C11H18N4OS/c1-4-11(5-2,9(12)17)10(16)14-8-6-7-13-15(8)3/h6-7H,4-5H2,1-3H3,(H2,12,17)(H,14,16). The zero-order chi connectivity index (χ0) is 13.1. The van der Waals surface area contributed by atoms with Crippen LogP contribution in [0.2, 0.25) is 0 Å². The Morgan fingerprint density at radius 3 is 2.53 bits per heavy atom. The molecule has 1 aromatic rings. The Morgan fingerprint density at radius 2 is 2.18 bits per heavy atom. The van der Waals surface area contributed by atoms with Crippen molar-refractivity contribution in [3.8, 4) is 0 Å². The molecule has 1 aromatic heterocycles. The summed E-state index contributed by atoms with van der Waals surface area (Å²) in [6.07, 6.45) is 2.79. The first-order valence-electron chi connectivity index (χ1n) is 5.57. The van der Waals surface area contributed by atoms with Gasteiger partial charge in [-0.1, -0.05) is 26.1 Å². The lowest BCUT2D eigenvalue weighted by Crippen LogP contribution is -2.45. The highest BCUT2D eigenvalue weighted by Gasteiger charge is 2.38. The third-order valence-electron chi connectivity index (χ3n) is 3.18. The summed E-state index contributed by atoms with van der Waals surface area (Å²) in [5.74, 6) is 0.469. The number of rotatable bonds is 5. The monoisotopic (exact) mass is 254 g/mol. The van der Waals surface area contributed by atoms with Crippen LogP contribution in [0.15, 0.2) is 12.3 Å². The molecule has 0 aliphatic carbocycles. The first-order chi connectivity index (χ1) is 7.97. The molecule has 0 aromatic carbocycles. The summed E-state index contributed by atoms with van der Waals surface area (Å²) in [7, 11) is 1.76. The van der Waals surface area contributed by atoms with E-state index in [9.17, 15) is 4.79 Å². The van der Waals surface area contributed by atoms with Gasteiger partial charge < -0.3 is 11.1 Å². The number of hydrogen-bond acceptors (Lipinski definition) is 3. The molecule has 0 saturated heterocycles. The molecule has 94 valence electrons. The fraction of sp³-hybridized carbons (Fsp3) is 0.545. The van der Waals surface area contributed by atoms with Crippen molar-refractivity contribution in [3.63, 3.8) is 0 Å². The summed E-state index contributed by atoms with van der Waals surface area (Å²) < 4.78 is 1.59. The van der Waals surface area contributed by atoms with Gasteiger partial charge in [-0.3, -0.25) is 9.48 Å². The minimum absolute atomic E-state index is 0.168. The van der Waals surface area contributed by atoms with E-state index in [1.807, 2.05) is 13.8 Å². The Labute approximate surface area is 106 Å². The number of thiocarbonyl (C=S) groups is 1. The Hall–Kier alpha value is -1.43. The van der Waals surface area contributed by atoms with Crippen LogP contribution in [0.25, 0.3) is 0 Å². The average Bonchev–Trinajstić information content (AvgIpc) is 2.66. The van der Waals surface area contributed by atoms with Crippen molar-refractivity contribution in [2.75, 3.05) is 5.32 Å². The van der Waals surface area contributed by atoms with Gasteiger partial charge in [0.25, 0.3) is 0 Å². The van der Waals surface area contributed by atoms with Crippen LogP contribution in [0.1, 0.15) is 26.7 Å². The average molecular weight is 254 g/mol. The molecular weight excluding hydrogens is 236 g/mol. The van der Waals surface area contributed by atoms with Gasteiger partial charge in [0.15, 0.2) is 0 Å². The molecule has 0 radical (unpaired) electrons. The molecular formula is C11H18N4OS. The van der Waals surface area contributed by atoms with Crippen LogP contribution in [-0.4, -0.2) is 20.7 Å². The zero-order valence-corrected chi connectivity index (χ0v) is 11.2. The van der Waals surface area contributed by atoms with Crippen LogP contribution < -0.4 is 11.1 Å². The SMILES string of the molecule is CCC(CC)(C(=O)Nc1ccnn1C)C(N)=S. The van der Waals surface area contributed by atoms with Gasteiger partial charge in [-0.15, -0.1) is 0 Å². The van der Waals surface area contributed by atoms with E-state index in [0.717, 1.165) is 0 Å². The first-order valence-corrected chi connectivity index (χ1v) is 5.98. The van der Waals surface area contributed by atoms with Crippen LogP contribution in [-0.2, 0) is 11.8 Å². The van der Waals surface area contributed by atoms with Crippen LogP contribution in [0.5, 0.6) is 0 Å². The molecule has 3 N–H and O–H groups in total. The first kappa shape index (κ1) is 13.6. The van der Waals surface area contributed by atoms with Crippen LogP contribution in [0.3, 0.4) is 0 Å². The van der Waals surface area contributed by atoms with Gasteiger partial charge in [-0.2, -0.15) is 5.10 Å². The summed E-state index contributed by atoms with van der Waals surface area (Å²) in [6.45, 7) is 3.82. The van der Waals surface area contributed by atoms with Crippen molar-refractivity contribution in [1.29, 1.82) is 0 Å². The van der Waals surface area contributed by atoms with E-state index in [1.54, 1.807) is 24.0 Å². The highest BCUT2D eigenvalue weighted by atomic mass is 32.1. The van der Waals surface area contributed by atoms with E-state index in [-0.39, 0.29) is 10.9 Å². The van der Waals surface area contributed by atoms with Crippen molar-refractivity contribution in [1.82, 2.24) is 9.78 Å². The minimum atomic E-state index is -0.778. The maximum atomic E-state index is 12.3. The molecule has 0 bridgehead atoms. The molecule has 0 unspecified atom stereocenters. The predicted molar refractivity (Wildman–Crippen MR) is 71.6 cm³/mol. The summed E-state index contributed by atoms with van der Waals surface area (Å²) in [5, 5.41) is 6.79. The molecule has 1 heterocycles. The van der Waals surface area contributed by atoms with Gasteiger partial charge in [-0.05, 0) is 12.8 Å². The van der Waals surface area contributed by atoms with E-state index >= 15 is 0 Å². The number of nitrogens with two attached hydrogens (primary N) is 1. The van der Waals surface area contributed by atoms with Crippen LogP contribution in [0, 0.1) is 5.41 Å². The second-order valence-corrected chi connectivity index (χ2v) is 4.39. The van der Waals surface area contributed by atoms with E-state index in [1.165, 1.54) is 0 Å². The Morgan fingerprint density at radius 1 is 1.59 bits per heavy atom. The Balaban J connectivity index is 2.95. The van der Waals surface area contributed by atoms with Crippen molar-refractivity contribution in [2.24, 2.45) is 18.2 Å². The number of amides is 1. The second-order valence-electron chi connectivity index (χ2n) is 3.95. The molecule has 5 nitrogen and oxygen atoms in total. The molecule has 0 aliphatic heterocycles. The van der Waals surface area contributed by atoms with Crippen LogP contribution in [0.4, 0.5) is 5.82 Å². The van der Waals surface area contributed by atoms with Crippen molar-refractivity contribution < 1.29 is 4.79 Å². The van der Waals surface area contributed by atoms with E-state index in [2.05, 4.69) is 10.4 Å². The van der Waals surface area contributed by atoms with Crippen molar-refractivity contribution in [2.45, 2.75) is 26.7 Å². The number of anilines is 1. The van der Waals surface area contributed by atoms with Gasteiger partial charge >= 0.3 is 0 Å². The molecule has 17 heavy (non-hydrogen) atoms. The molecule has 0 fully saturated rings. The van der Waals surface area contributed by atoms with Gasteiger partial charge in [0, 0.05) is 13.1 Å². The molecule has 1 amide bonds. The highest BCUT2D eigenvalue weighted by molar-refractivity contribution is 7.80. The van der Waals surface area contributed by atoms with Crippen LogP contribution >= 0.6 is 12.2 Å². The maximum absolute atomic E-state index is 12.3. The number of nitrogens with one attached hydrogen (secondary N) is 1. The summed E-state index contributed by atoms with van der Waals surface area (Å²) in [6, 6.07) is 1.73. The van der Waals surface area contributed by atoms with E-state index in [4.69, 9.17) is 18.0 Å². The molecule has 6 heteroatoms. The molecule has 1 rings (SSSR count). The fourth-order valence-corrected chi connectivity index (χ4v) is 2.15. The predicted octanol–water partition coefficient (Wildman–Crippen LogP) is 1.45. The number of aryl methyl sites for hydroxylation is 1. The smallest absolute Gasteiger partial charge is 0.238 e. The van der Waals surface area contributed by atoms with E-state index < -0.39 is 5.41 Å². The van der Waals surface area contributed by atoms with Crippen molar-refractivity contribution >= 4 is 28.9 Å². The topological polar surface area (TPSA) is 72.9 Å². The normalized spacial score (nSPS) is 11.2. The fourth-order valence-electron chi connectivity index (χ4n) is 1.76. The lowest BCUT2D eigenvalue weighted by Gasteiger charge is -2.28. The number of aromatic nitrogens is 2. The summed E-state index contributed by atoms with van der Waals surface area (Å²) in [4.78, 5) is 12.5. The number of nitrogens with zero attached hydrogens (tertiary/aromatic N) is 2. The maximum Gasteiger partial charge on any atom is 0.238 e. The zero-order valence-electron chi connectivity index (χ0n) is 10.4. The Bertz CT molecular complexity index is 423. The van der Waals surface area contributed by atoms with Gasteiger partial charge in [-0.25, -0.2) is 0 Å². The molecule has 0 aliphatic rings. The number of carbonyl (C=O) groups is 1. The lowest BCUT2D eigenvalue weighted by atomic mass is 9.81. The summed E-state index contributed by atoms with van der Waals surface area (Å²) >= 11 is 5.03. The summed E-state index contributed by atoms with van der Waals surface area (Å²) in [5.41, 5.74) is 4.93. The molecule has 0 saturated carbocycles. The quantitative estimate of drug-likeness (QED) is 0.780. The largest absolute Gasteiger partial charge is 0.392 e. The number of carbonyl (C=O) groups excluding carboxylic acids is 1. The van der Waals surface area contributed by atoms with E-state index in [0.29, 0.717) is 18.7 Å². The van der Waals surface area contributed by atoms with Gasteiger partial charge in [0.05, 0.1) is 16.6 Å². The second kappa shape index (κ2) is 5.27. The van der Waals surface area contributed by atoms with Crippen molar-refractivity contribution in [3.05, 3.63) is 12.3 Å².